The zero-order chi connectivity index (χ0) is 46.6. The van der Waals surface area contributed by atoms with E-state index >= 15 is 0 Å². The summed E-state index contributed by atoms with van der Waals surface area (Å²) in [7, 11) is 0. The molecule has 15 rings (SSSR count). The molecule has 0 saturated carbocycles. The Morgan fingerprint density at radius 2 is 0.817 bits per heavy atom. The highest BCUT2D eigenvalue weighted by Crippen LogP contribution is 2.44. The largest absolute Gasteiger partial charge is 0.456 e. The lowest BCUT2D eigenvalue weighted by molar-refractivity contribution is 0.669. The fourth-order valence-electron chi connectivity index (χ4n) is 11.0. The molecule has 71 heavy (non-hydrogen) atoms. The Bertz CT molecular complexity index is 4640. The molecular formula is C65H39N5O. The van der Waals surface area contributed by atoms with Crippen molar-refractivity contribution in [3.05, 3.63) is 237 Å². The zero-order valence-electron chi connectivity index (χ0n) is 38.2. The van der Waals surface area contributed by atoms with E-state index in [0.717, 1.165) is 121 Å². The van der Waals surface area contributed by atoms with Gasteiger partial charge in [-0.2, -0.15) is 0 Å². The summed E-state index contributed by atoms with van der Waals surface area (Å²) in [4.78, 5) is 16.7. The average molecular weight is 906 g/mol. The second kappa shape index (κ2) is 15.4. The molecule has 0 N–H and O–H groups in total. The highest BCUT2D eigenvalue weighted by atomic mass is 16.3. The Labute approximate surface area is 407 Å². The van der Waals surface area contributed by atoms with E-state index < -0.39 is 0 Å². The molecule has 0 bridgehead atoms. The van der Waals surface area contributed by atoms with Gasteiger partial charge in [-0.3, -0.25) is 0 Å². The van der Waals surface area contributed by atoms with Crippen molar-refractivity contribution < 1.29 is 4.42 Å². The molecule has 4 heterocycles. The van der Waals surface area contributed by atoms with Gasteiger partial charge in [0.25, 0.3) is 0 Å². The number of furan rings is 1. The van der Waals surface area contributed by atoms with Gasteiger partial charge >= 0.3 is 0 Å². The first-order valence-electron chi connectivity index (χ1n) is 24.0. The van der Waals surface area contributed by atoms with Crippen LogP contribution in [0.5, 0.6) is 0 Å². The van der Waals surface area contributed by atoms with Crippen molar-refractivity contribution in [3.8, 4) is 56.7 Å². The van der Waals surface area contributed by atoms with Crippen LogP contribution in [0.4, 0.5) is 0 Å². The standard InChI is InChI=1S/C65H39N5O/c1-3-17-40(18-4-1)41-23-15-24-46(33-41)63-66-64(51-30-16-29-50-48-27-11-13-31-56(48)69(62(50)51)47-25-5-2-6-26-47)68-65(67-63)55-38-54-53-35-43-20-8-10-22-45(43)37-60(53)71-61(54)39-59(55)70-57-32-14-12-28-49(57)52-34-42-19-7-9-21-44(42)36-58(52)70/h1-39H. The van der Waals surface area contributed by atoms with Crippen LogP contribution in [0.3, 0.4) is 0 Å². The summed E-state index contributed by atoms with van der Waals surface area (Å²) < 4.78 is 11.6. The topological polar surface area (TPSA) is 61.7 Å². The first-order chi connectivity index (χ1) is 35.2. The van der Waals surface area contributed by atoms with Gasteiger partial charge in [-0.1, -0.05) is 164 Å². The molecule has 0 unspecified atom stereocenters. The summed E-state index contributed by atoms with van der Waals surface area (Å²) in [6, 6.07) is 83.9. The molecule has 6 nitrogen and oxygen atoms in total. The average Bonchev–Trinajstić information content (AvgIpc) is 4.08. The van der Waals surface area contributed by atoms with Gasteiger partial charge < -0.3 is 13.6 Å². The number of hydrogen-bond acceptors (Lipinski definition) is 4. The van der Waals surface area contributed by atoms with Crippen LogP contribution in [0.15, 0.2) is 241 Å². The van der Waals surface area contributed by atoms with Crippen molar-refractivity contribution in [2.45, 2.75) is 0 Å². The van der Waals surface area contributed by atoms with Crippen LogP contribution in [-0.4, -0.2) is 24.1 Å². The third-order valence-electron chi connectivity index (χ3n) is 14.3. The van der Waals surface area contributed by atoms with E-state index in [1.807, 2.05) is 6.07 Å². The number of nitrogens with zero attached hydrogens (tertiary/aromatic N) is 5. The van der Waals surface area contributed by atoms with Crippen LogP contribution in [-0.2, 0) is 0 Å². The Morgan fingerprint density at radius 3 is 1.58 bits per heavy atom. The molecule has 0 spiro atoms. The van der Waals surface area contributed by atoms with Crippen LogP contribution < -0.4 is 0 Å². The Morgan fingerprint density at radius 1 is 0.296 bits per heavy atom. The fourth-order valence-corrected chi connectivity index (χ4v) is 11.0. The number of benzene rings is 11. The monoisotopic (exact) mass is 905 g/mol. The van der Waals surface area contributed by atoms with Gasteiger partial charge in [0, 0.05) is 60.8 Å². The maximum absolute atomic E-state index is 6.89. The molecule has 15 aromatic rings. The molecule has 0 aliphatic heterocycles. The molecule has 4 aromatic heterocycles. The molecule has 6 heteroatoms. The van der Waals surface area contributed by atoms with Crippen LogP contribution in [0, 0.1) is 0 Å². The number of para-hydroxylation sites is 4. The molecule has 330 valence electrons. The Hall–Kier alpha value is -9.65. The first kappa shape index (κ1) is 39.4. The molecule has 0 amide bonds. The fraction of sp³-hybridized carbons (Fsp3) is 0. The summed E-state index contributed by atoms with van der Waals surface area (Å²) in [6.07, 6.45) is 0. The molecule has 11 aromatic carbocycles. The highest BCUT2D eigenvalue weighted by Gasteiger charge is 2.25. The minimum absolute atomic E-state index is 0.549. The maximum Gasteiger partial charge on any atom is 0.166 e. The van der Waals surface area contributed by atoms with E-state index in [-0.39, 0.29) is 0 Å². The number of fused-ring (bicyclic) bond motifs is 11. The summed E-state index contributed by atoms with van der Waals surface area (Å²) in [6.45, 7) is 0. The number of aromatic nitrogens is 5. The van der Waals surface area contributed by atoms with Crippen LogP contribution >= 0.6 is 0 Å². The van der Waals surface area contributed by atoms with E-state index in [0.29, 0.717) is 17.5 Å². The van der Waals surface area contributed by atoms with E-state index in [1.54, 1.807) is 0 Å². The minimum atomic E-state index is 0.549. The molecule has 0 aliphatic rings. The summed E-state index contributed by atoms with van der Waals surface area (Å²) in [5.74, 6) is 1.70. The summed E-state index contributed by atoms with van der Waals surface area (Å²) in [5, 5.41) is 11.2. The summed E-state index contributed by atoms with van der Waals surface area (Å²) in [5.41, 5.74) is 12.7. The molecule has 0 fully saturated rings. The molecule has 0 saturated heterocycles. The second-order valence-corrected chi connectivity index (χ2v) is 18.4. The van der Waals surface area contributed by atoms with E-state index in [1.165, 1.54) is 5.39 Å². The maximum atomic E-state index is 6.89. The van der Waals surface area contributed by atoms with E-state index in [4.69, 9.17) is 19.4 Å². The minimum Gasteiger partial charge on any atom is -0.456 e. The lowest BCUT2D eigenvalue weighted by Crippen LogP contribution is -2.05. The lowest BCUT2D eigenvalue weighted by atomic mass is 10.0. The van der Waals surface area contributed by atoms with Gasteiger partial charge in [-0.25, -0.2) is 15.0 Å². The smallest absolute Gasteiger partial charge is 0.166 e. The predicted octanol–water partition coefficient (Wildman–Crippen LogP) is 16.9. The normalized spacial score (nSPS) is 11.9. The molecule has 0 atom stereocenters. The van der Waals surface area contributed by atoms with Gasteiger partial charge in [-0.05, 0) is 99.4 Å². The third kappa shape index (κ3) is 6.18. The van der Waals surface area contributed by atoms with Crippen LogP contribution in [0.2, 0.25) is 0 Å². The van der Waals surface area contributed by atoms with Crippen LogP contribution in [0.1, 0.15) is 0 Å². The molecule has 0 aliphatic carbocycles. The van der Waals surface area contributed by atoms with Gasteiger partial charge in [0.15, 0.2) is 17.5 Å². The SMILES string of the molecule is c1ccc(-c2cccc(-c3nc(-c4cc5c(cc4-n4c6ccccc6c6cc7ccccc7cc64)oc4cc6ccccc6cc45)nc(-c4cccc5c6ccccc6n(-c6ccccc6)c45)n3)c2)cc1. The predicted molar refractivity (Wildman–Crippen MR) is 293 cm³/mol. The van der Waals surface area contributed by atoms with Crippen molar-refractivity contribution >= 4 is 87.1 Å². The Kier molecular flexibility index (Phi) is 8.56. The van der Waals surface area contributed by atoms with Gasteiger partial charge in [0.05, 0.1) is 27.8 Å². The van der Waals surface area contributed by atoms with E-state index in [2.05, 4.69) is 240 Å². The second-order valence-electron chi connectivity index (χ2n) is 18.4. The molecule has 0 radical (unpaired) electrons. The number of rotatable bonds is 6. The zero-order valence-corrected chi connectivity index (χ0v) is 38.2. The first-order valence-corrected chi connectivity index (χ1v) is 24.0. The Balaban J connectivity index is 1.08. The van der Waals surface area contributed by atoms with Crippen molar-refractivity contribution in [1.82, 2.24) is 24.1 Å². The van der Waals surface area contributed by atoms with Crippen molar-refractivity contribution in [2.75, 3.05) is 0 Å². The quantitative estimate of drug-likeness (QED) is 0.167. The van der Waals surface area contributed by atoms with Crippen molar-refractivity contribution in [3.63, 3.8) is 0 Å². The van der Waals surface area contributed by atoms with Gasteiger partial charge in [0.2, 0.25) is 0 Å². The van der Waals surface area contributed by atoms with Crippen molar-refractivity contribution in [1.29, 1.82) is 0 Å². The summed E-state index contributed by atoms with van der Waals surface area (Å²) >= 11 is 0. The highest BCUT2D eigenvalue weighted by molar-refractivity contribution is 6.17. The number of hydrogen-bond donors (Lipinski definition) is 0. The third-order valence-corrected chi connectivity index (χ3v) is 14.3. The van der Waals surface area contributed by atoms with Gasteiger partial charge in [0.1, 0.15) is 11.2 Å². The van der Waals surface area contributed by atoms with Gasteiger partial charge in [-0.15, -0.1) is 0 Å². The van der Waals surface area contributed by atoms with E-state index in [9.17, 15) is 0 Å². The van der Waals surface area contributed by atoms with Crippen molar-refractivity contribution in [2.24, 2.45) is 0 Å². The molecular weight excluding hydrogens is 867 g/mol. The lowest BCUT2D eigenvalue weighted by Gasteiger charge is -2.16. The van der Waals surface area contributed by atoms with Crippen LogP contribution in [0.25, 0.3) is 144 Å².